The molecule has 2 aromatic rings. The van der Waals surface area contributed by atoms with E-state index in [1.165, 1.54) is 22.4 Å². The third kappa shape index (κ3) is 4.51. The van der Waals surface area contributed by atoms with Crippen LogP contribution in [0.25, 0.3) is 0 Å². The lowest BCUT2D eigenvalue weighted by Gasteiger charge is -2.23. The number of rotatable bonds is 7. The van der Waals surface area contributed by atoms with Crippen LogP contribution in [0.1, 0.15) is 43.9 Å². The van der Waals surface area contributed by atoms with Gasteiger partial charge in [-0.1, -0.05) is 45.0 Å². The van der Waals surface area contributed by atoms with Gasteiger partial charge in [-0.2, -0.15) is 0 Å². The van der Waals surface area contributed by atoms with Gasteiger partial charge in [-0.15, -0.1) is 0 Å². The maximum atomic E-state index is 5.84. The highest BCUT2D eigenvalue weighted by Gasteiger charge is 2.17. The van der Waals surface area contributed by atoms with Gasteiger partial charge in [0.15, 0.2) is 0 Å². The summed E-state index contributed by atoms with van der Waals surface area (Å²) in [6.07, 6.45) is 1.13. The van der Waals surface area contributed by atoms with E-state index in [9.17, 15) is 0 Å². The lowest BCUT2D eigenvalue weighted by atomic mass is 9.82. The molecule has 0 heterocycles. The number of nitrogens with one attached hydrogen (secondary N) is 1. The molecule has 0 atom stereocenters. The van der Waals surface area contributed by atoms with Crippen LogP contribution in [0.5, 0.6) is 5.75 Å². The first-order chi connectivity index (χ1) is 10.9. The molecule has 1 N–H and O–H groups in total. The highest BCUT2D eigenvalue weighted by atomic mass is 16.5. The van der Waals surface area contributed by atoms with Crippen LogP contribution in [-0.4, -0.2) is 13.2 Å². The standard InChI is InChI=1S/C21H29NO/c1-6-21(4,5)18-10-12-19(13-11-18)23-15-14-22-20-9-7-8-16(2)17(20)3/h7-13,22H,6,14-15H2,1-5H3. The molecule has 0 unspecified atom stereocenters. The Morgan fingerprint density at radius 2 is 1.70 bits per heavy atom. The average molecular weight is 311 g/mol. The van der Waals surface area contributed by atoms with Crippen molar-refractivity contribution >= 4 is 5.69 Å². The monoisotopic (exact) mass is 311 g/mol. The summed E-state index contributed by atoms with van der Waals surface area (Å²) in [4.78, 5) is 0. The molecule has 2 heteroatoms. The summed E-state index contributed by atoms with van der Waals surface area (Å²) in [6, 6.07) is 14.8. The molecular weight excluding hydrogens is 282 g/mol. The van der Waals surface area contributed by atoms with E-state index in [1.807, 2.05) is 0 Å². The minimum absolute atomic E-state index is 0.225. The number of anilines is 1. The molecule has 2 rings (SSSR count). The zero-order chi connectivity index (χ0) is 16.9. The van der Waals surface area contributed by atoms with Crippen LogP contribution >= 0.6 is 0 Å². The van der Waals surface area contributed by atoms with Gasteiger partial charge in [-0.25, -0.2) is 0 Å². The van der Waals surface area contributed by atoms with Gasteiger partial charge >= 0.3 is 0 Å². The average Bonchev–Trinajstić information content (AvgIpc) is 2.55. The number of hydrogen-bond donors (Lipinski definition) is 1. The van der Waals surface area contributed by atoms with Crippen molar-refractivity contribution in [3.8, 4) is 5.75 Å². The van der Waals surface area contributed by atoms with Crippen LogP contribution in [0, 0.1) is 13.8 Å². The number of hydrogen-bond acceptors (Lipinski definition) is 2. The van der Waals surface area contributed by atoms with Crippen LogP contribution in [0.2, 0.25) is 0 Å². The van der Waals surface area contributed by atoms with Gasteiger partial charge in [0.1, 0.15) is 12.4 Å². The fourth-order valence-electron chi connectivity index (χ4n) is 2.50. The van der Waals surface area contributed by atoms with Gasteiger partial charge in [0, 0.05) is 12.2 Å². The fraction of sp³-hybridized carbons (Fsp3) is 0.429. The lowest BCUT2D eigenvalue weighted by molar-refractivity contribution is 0.332. The SMILES string of the molecule is CCC(C)(C)c1ccc(OCCNc2cccc(C)c2C)cc1. The summed E-state index contributed by atoms with van der Waals surface area (Å²) in [7, 11) is 0. The normalized spacial score (nSPS) is 11.3. The van der Waals surface area contributed by atoms with E-state index >= 15 is 0 Å². The van der Waals surface area contributed by atoms with Gasteiger partial charge in [0.25, 0.3) is 0 Å². The first kappa shape index (κ1) is 17.4. The van der Waals surface area contributed by atoms with Crippen molar-refractivity contribution < 1.29 is 4.74 Å². The van der Waals surface area contributed by atoms with Crippen LogP contribution in [0.15, 0.2) is 42.5 Å². The maximum absolute atomic E-state index is 5.84. The molecule has 0 aliphatic carbocycles. The Bertz CT molecular complexity index is 629. The zero-order valence-electron chi connectivity index (χ0n) is 15.1. The Kier molecular flexibility index (Phi) is 5.70. The molecule has 0 bridgehead atoms. The Morgan fingerprint density at radius 1 is 1.00 bits per heavy atom. The minimum atomic E-state index is 0.225. The van der Waals surface area contributed by atoms with Gasteiger partial charge in [-0.3, -0.25) is 0 Å². The summed E-state index contributed by atoms with van der Waals surface area (Å²) < 4.78 is 5.84. The lowest BCUT2D eigenvalue weighted by Crippen LogP contribution is -2.15. The van der Waals surface area contributed by atoms with E-state index in [2.05, 4.69) is 82.4 Å². The fourth-order valence-corrected chi connectivity index (χ4v) is 2.50. The Hall–Kier alpha value is -1.96. The highest BCUT2D eigenvalue weighted by Crippen LogP contribution is 2.28. The molecule has 0 aliphatic heterocycles. The molecule has 0 aliphatic rings. The third-order valence-corrected chi connectivity index (χ3v) is 4.81. The Balaban J connectivity index is 1.84. The molecule has 2 aromatic carbocycles. The first-order valence-corrected chi connectivity index (χ1v) is 8.47. The van der Waals surface area contributed by atoms with Gasteiger partial charge in [0.05, 0.1) is 0 Å². The Morgan fingerprint density at radius 3 is 2.35 bits per heavy atom. The van der Waals surface area contributed by atoms with Crippen LogP contribution in [0.3, 0.4) is 0 Å². The summed E-state index contributed by atoms with van der Waals surface area (Å²) in [5.41, 5.74) is 5.39. The first-order valence-electron chi connectivity index (χ1n) is 8.47. The summed E-state index contributed by atoms with van der Waals surface area (Å²) in [6.45, 7) is 12.5. The number of ether oxygens (including phenoxy) is 1. The molecule has 2 nitrogen and oxygen atoms in total. The van der Waals surface area contributed by atoms with Crippen LogP contribution < -0.4 is 10.1 Å². The molecule has 0 saturated carbocycles. The van der Waals surface area contributed by atoms with Gasteiger partial charge in [0.2, 0.25) is 0 Å². The maximum Gasteiger partial charge on any atom is 0.119 e. The second-order valence-corrected chi connectivity index (χ2v) is 6.78. The number of benzene rings is 2. The van der Waals surface area contributed by atoms with E-state index in [0.717, 1.165) is 18.7 Å². The molecule has 0 radical (unpaired) electrons. The van der Waals surface area contributed by atoms with Crippen LogP contribution in [0.4, 0.5) is 5.69 Å². The molecule has 0 spiro atoms. The largest absolute Gasteiger partial charge is 0.492 e. The van der Waals surface area contributed by atoms with E-state index in [0.29, 0.717) is 6.61 Å². The van der Waals surface area contributed by atoms with Crippen molar-refractivity contribution in [2.75, 3.05) is 18.5 Å². The molecule has 0 amide bonds. The van der Waals surface area contributed by atoms with Crippen molar-refractivity contribution in [3.05, 3.63) is 59.2 Å². The van der Waals surface area contributed by atoms with Crippen LogP contribution in [-0.2, 0) is 5.41 Å². The smallest absolute Gasteiger partial charge is 0.119 e. The topological polar surface area (TPSA) is 21.3 Å². The summed E-state index contributed by atoms with van der Waals surface area (Å²) in [5, 5.41) is 3.44. The molecule has 124 valence electrons. The van der Waals surface area contributed by atoms with Crippen molar-refractivity contribution in [1.29, 1.82) is 0 Å². The predicted molar refractivity (Wildman–Crippen MR) is 99.7 cm³/mol. The van der Waals surface area contributed by atoms with E-state index in [1.54, 1.807) is 0 Å². The zero-order valence-corrected chi connectivity index (χ0v) is 15.1. The van der Waals surface area contributed by atoms with Crippen molar-refractivity contribution in [2.45, 2.75) is 46.5 Å². The molecular formula is C21H29NO. The van der Waals surface area contributed by atoms with E-state index in [4.69, 9.17) is 4.74 Å². The second-order valence-electron chi connectivity index (χ2n) is 6.78. The van der Waals surface area contributed by atoms with Crippen molar-refractivity contribution in [2.24, 2.45) is 0 Å². The molecule has 23 heavy (non-hydrogen) atoms. The predicted octanol–water partition coefficient (Wildman–Crippen LogP) is 5.48. The third-order valence-electron chi connectivity index (χ3n) is 4.81. The number of aryl methyl sites for hydroxylation is 1. The molecule has 0 aromatic heterocycles. The van der Waals surface area contributed by atoms with Gasteiger partial charge < -0.3 is 10.1 Å². The van der Waals surface area contributed by atoms with Crippen molar-refractivity contribution in [3.63, 3.8) is 0 Å². The quantitative estimate of drug-likeness (QED) is 0.683. The Labute approximate surface area is 140 Å². The highest BCUT2D eigenvalue weighted by molar-refractivity contribution is 5.53. The molecule has 0 fully saturated rings. The van der Waals surface area contributed by atoms with E-state index < -0.39 is 0 Å². The second kappa shape index (κ2) is 7.54. The summed E-state index contributed by atoms with van der Waals surface area (Å²) >= 11 is 0. The van der Waals surface area contributed by atoms with E-state index in [-0.39, 0.29) is 5.41 Å². The minimum Gasteiger partial charge on any atom is -0.492 e. The van der Waals surface area contributed by atoms with Crippen molar-refractivity contribution in [1.82, 2.24) is 0 Å². The summed E-state index contributed by atoms with van der Waals surface area (Å²) in [5.74, 6) is 0.934. The van der Waals surface area contributed by atoms with Gasteiger partial charge in [-0.05, 0) is 60.6 Å². The molecule has 0 saturated heterocycles.